The molecule has 1 rings (SSSR count). The van der Waals surface area contributed by atoms with Gasteiger partial charge < -0.3 is 20.1 Å². The van der Waals surface area contributed by atoms with Gasteiger partial charge in [-0.15, -0.1) is 0 Å². The molecule has 1 heterocycles. The van der Waals surface area contributed by atoms with Crippen LogP contribution in [0, 0.1) is 0 Å². The molecule has 0 saturated carbocycles. The molecule has 1 aromatic heterocycles. The maximum absolute atomic E-state index is 11.1. The zero-order valence-corrected chi connectivity index (χ0v) is 8.95. The van der Waals surface area contributed by atoms with Crippen molar-refractivity contribution in [2.24, 2.45) is 0 Å². The fourth-order valence-electron chi connectivity index (χ4n) is 1.19. The number of hydrogen-bond donors (Lipinski definition) is 3. The van der Waals surface area contributed by atoms with Crippen LogP contribution in [0.5, 0.6) is 0 Å². The largest absolute Gasteiger partial charge is 0.481 e. The minimum Gasteiger partial charge on any atom is -0.481 e. The second-order valence-electron chi connectivity index (χ2n) is 3.21. The van der Waals surface area contributed by atoms with Gasteiger partial charge in [0.1, 0.15) is 5.69 Å². The highest BCUT2D eigenvalue weighted by molar-refractivity contribution is 5.87. The van der Waals surface area contributed by atoms with Crippen molar-refractivity contribution in [1.82, 2.24) is 10.3 Å². The van der Waals surface area contributed by atoms with Crippen molar-refractivity contribution in [2.45, 2.75) is 13.0 Å². The number of rotatable bonds is 6. The highest BCUT2D eigenvalue weighted by Gasteiger charge is 2.07. The van der Waals surface area contributed by atoms with Crippen molar-refractivity contribution in [2.75, 3.05) is 13.7 Å². The summed E-state index contributed by atoms with van der Waals surface area (Å²) in [5.41, 5.74) is 1.20. The van der Waals surface area contributed by atoms with Gasteiger partial charge in [-0.2, -0.15) is 0 Å². The molecule has 0 spiro atoms. The van der Waals surface area contributed by atoms with E-state index in [0.29, 0.717) is 18.8 Å². The number of nitrogens with one attached hydrogen (secondary N) is 2. The molecule has 3 N–H and O–H groups in total. The van der Waals surface area contributed by atoms with Crippen LogP contribution in [0.4, 0.5) is 0 Å². The quantitative estimate of drug-likeness (QED) is 0.481. The normalized spacial score (nSPS) is 10.1. The van der Waals surface area contributed by atoms with E-state index in [1.807, 2.05) is 0 Å². The number of carboxylic acid groups (broad SMARTS) is 1. The van der Waals surface area contributed by atoms with Crippen LogP contribution in [0.3, 0.4) is 0 Å². The Morgan fingerprint density at radius 2 is 2.25 bits per heavy atom. The minimum absolute atomic E-state index is 0.0740. The smallest absolute Gasteiger partial charge is 0.354 e. The summed E-state index contributed by atoms with van der Waals surface area (Å²) >= 11 is 0. The van der Waals surface area contributed by atoms with E-state index in [1.165, 1.54) is 7.11 Å². The van der Waals surface area contributed by atoms with Crippen molar-refractivity contribution in [3.05, 3.63) is 23.5 Å². The molecule has 16 heavy (non-hydrogen) atoms. The molecule has 1 aromatic rings. The average Bonchev–Trinajstić information content (AvgIpc) is 2.71. The van der Waals surface area contributed by atoms with Gasteiger partial charge in [0, 0.05) is 18.8 Å². The maximum atomic E-state index is 11.1. The van der Waals surface area contributed by atoms with E-state index in [1.54, 1.807) is 12.1 Å². The van der Waals surface area contributed by atoms with Crippen molar-refractivity contribution < 1.29 is 19.4 Å². The first-order valence-corrected chi connectivity index (χ1v) is 4.82. The van der Waals surface area contributed by atoms with Crippen LogP contribution in [-0.2, 0) is 16.1 Å². The molecule has 0 aromatic carbocycles. The number of aliphatic carboxylic acids is 1. The van der Waals surface area contributed by atoms with Gasteiger partial charge in [-0.1, -0.05) is 0 Å². The third kappa shape index (κ3) is 3.74. The van der Waals surface area contributed by atoms with Crippen molar-refractivity contribution in [3.8, 4) is 0 Å². The van der Waals surface area contributed by atoms with Crippen molar-refractivity contribution in [3.63, 3.8) is 0 Å². The minimum atomic E-state index is -0.839. The second kappa shape index (κ2) is 5.92. The highest BCUT2D eigenvalue weighted by atomic mass is 16.5. The molecule has 0 amide bonds. The van der Waals surface area contributed by atoms with Gasteiger partial charge >= 0.3 is 11.9 Å². The number of hydrogen-bond acceptors (Lipinski definition) is 4. The molecular weight excluding hydrogens is 212 g/mol. The van der Waals surface area contributed by atoms with Gasteiger partial charge in [0.05, 0.1) is 13.5 Å². The van der Waals surface area contributed by atoms with E-state index in [-0.39, 0.29) is 6.42 Å². The number of aromatic nitrogens is 1. The first-order valence-electron chi connectivity index (χ1n) is 4.82. The van der Waals surface area contributed by atoms with Gasteiger partial charge in [-0.3, -0.25) is 4.79 Å². The number of carbonyl (C=O) groups is 2. The van der Waals surface area contributed by atoms with Gasteiger partial charge in [-0.05, 0) is 12.1 Å². The lowest BCUT2D eigenvalue weighted by Crippen LogP contribution is -2.17. The number of carboxylic acids is 1. The Morgan fingerprint density at radius 1 is 1.50 bits per heavy atom. The highest BCUT2D eigenvalue weighted by Crippen LogP contribution is 2.02. The summed E-state index contributed by atoms with van der Waals surface area (Å²) in [6.07, 6.45) is 0.0740. The molecule has 88 valence electrons. The topological polar surface area (TPSA) is 91.4 Å². The third-order valence-electron chi connectivity index (χ3n) is 1.98. The zero-order valence-electron chi connectivity index (χ0n) is 8.95. The number of methoxy groups -OCH3 is 1. The van der Waals surface area contributed by atoms with Crippen LogP contribution < -0.4 is 5.32 Å². The molecule has 0 aliphatic rings. The first-order chi connectivity index (χ1) is 7.63. The predicted molar refractivity (Wildman–Crippen MR) is 56.1 cm³/mol. The lowest BCUT2D eigenvalue weighted by molar-refractivity contribution is -0.136. The summed E-state index contributed by atoms with van der Waals surface area (Å²) in [7, 11) is 1.31. The van der Waals surface area contributed by atoms with Crippen LogP contribution >= 0.6 is 0 Å². The molecule has 0 aliphatic carbocycles. The van der Waals surface area contributed by atoms with Gasteiger partial charge in [0.25, 0.3) is 0 Å². The molecule has 0 aliphatic heterocycles. The van der Waals surface area contributed by atoms with E-state index in [4.69, 9.17) is 5.11 Å². The SMILES string of the molecule is COC(=O)c1ccc(CNCCC(=O)O)[nH]1. The summed E-state index contributed by atoms with van der Waals surface area (Å²) in [5.74, 6) is -1.26. The molecule has 0 radical (unpaired) electrons. The summed E-state index contributed by atoms with van der Waals surface area (Å²) in [6.45, 7) is 0.881. The first kappa shape index (κ1) is 12.3. The van der Waals surface area contributed by atoms with E-state index in [9.17, 15) is 9.59 Å². The maximum Gasteiger partial charge on any atom is 0.354 e. The number of ether oxygens (including phenoxy) is 1. The Bertz CT molecular complexity index is 373. The molecule has 0 atom stereocenters. The van der Waals surface area contributed by atoms with Gasteiger partial charge in [0.15, 0.2) is 0 Å². The van der Waals surface area contributed by atoms with Crippen LogP contribution in [0.15, 0.2) is 12.1 Å². The van der Waals surface area contributed by atoms with Crippen LogP contribution in [-0.4, -0.2) is 35.7 Å². The Hall–Kier alpha value is -1.82. The lowest BCUT2D eigenvalue weighted by Gasteiger charge is -2.00. The number of aromatic amines is 1. The van der Waals surface area contributed by atoms with Crippen LogP contribution in [0.2, 0.25) is 0 Å². The van der Waals surface area contributed by atoms with E-state index < -0.39 is 11.9 Å². The summed E-state index contributed by atoms with van der Waals surface area (Å²) < 4.78 is 4.54. The Kier molecular flexibility index (Phi) is 4.53. The summed E-state index contributed by atoms with van der Waals surface area (Å²) in [6, 6.07) is 3.38. The van der Waals surface area contributed by atoms with Gasteiger partial charge in [-0.25, -0.2) is 4.79 Å². The summed E-state index contributed by atoms with van der Waals surface area (Å²) in [5, 5.41) is 11.3. The standard InChI is InChI=1S/C10H14N2O4/c1-16-10(15)8-3-2-7(12-8)6-11-5-4-9(13)14/h2-3,11-12H,4-6H2,1H3,(H,13,14). The van der Waals surface area contributed by atoms with E-state index in [2.05, 4.69) is 15.0 Å². The predicted octanol–water partition coefficient (Wildman–Crippen LogP) is 0.366. The molecule has 0 fully saturated rings. The average molecular weight is 226 g/mol. The monoisotopic (exact) mass is 226 g/mol. The van der Waals surface area contributed by atoms with E-state index in [0.717, 1.165) is 5.69 Å². The Balaban J connectivity index is 2.35. The number of H-pyrrole nitrogens is 1. The second-order valence-corrected chi connectivity index (χ2v) is 3.21. The van der Waals surface area contributed by atoms with Gasteiger partial charge in [0.2, 0.25) is 0 Å². The van der Waals surface area contributed by atoms with Crippen molar-refractivity contribution >= 4 is 11.9 Å². The molecule has 0 unspecified atom stereocenters. The Morgan fingerprint density at radius 3 is 2.88 bits per heavy atom. The zero-order chi connectivity index (χ0) is 12.0. The summed E-state index contributed by atoms with van der Waals surface area (Å²) in [4.78, 5) is 24.2. The van der Waals surface area contributed by atoms with Crippen LogP contribution in [0.25, 0.3) is 0 Å². The third-order valence-corrected chi connectivity index (χ3v) is 1.98. The van der Waals surface area contributed by atoms with Crippen molar-refractivity contribution in [1.29, 1.82) is 0 Å². The fourth-order valence-corrected chi connectivity index (χ4v) is 1.19. The molecule has 0 bridgehead atoms. The molecule has 0 saturated heterocycles. The van der Waals surface area contributed by atoms with Crippen LogP contribution in [0.1, 0.15) is 22.6 Å². The number of esters is 1. The molecular formula is C10H14N2O4. The number of carbonyl (C=O) groups excluding carboxylic acids is 1. The molecule has 6 heteroatoms. The lowest BCUT2D eigenvalue weighted by atomic mass is 10.4. The van der Waals surface area contributed by atoms with E-state index >= 15 is 0 Å². The molecule has 6 nitrogen and oxygen atoms in total. The fraction of sp³-hybridized carbons (Fsp3) is 0.400. The Labute approximate surface area is 92.6 Å².